The number of hydrogen-bond donors (Lipinski definition) is 2. The molecule has 0 fully saturated rings. The number of esters is 2. The first-order valence-electron chi connectivity index (χ1n) is 15.8. The summed E-state index contributed by atoms with van der Waals surface area (Å²) >= 11 is 6.75. The third kappa shape index (κ3) is 10.6. The van der Waals surface area contributed by atoms with Gasteiger partial charge in [-0.05, 0) is 108 Å². The van der Waals surface area contributed by atoms with Crippen molar-refractivity contribution in [3.63, 3.8) is 0 Å². The molecule has 0 radical (unpaired) electrons. The number of ether oxygens (including phenoxy) is 2. The summed E-state index contributed by atoms with van der Waals surface area (Å²) in [6.07, 6.45) is 12.0. The van der Waals surface area contributed by atoms with E-state index in [4.69, 9.17) is 24.0 Å². The molecule has 17 heteroatoms. The van der Waals surface area contributed by atoms with E-state index in [-0.39, 0.29) is 12.6 Å². The lowest BCUT2D eigenvalue weighted by Crippen LogP contribution is -2.10. The Morgan fingerprint density at radius 2 is 1.24 bits per heavy atom. The van der Waals surface area contributed by atoms with Crippen molar-refractivity contribution in [2.45, 2.75) is 52.4 Å². The van der Waals surface area contributed by atoms with Gasteiger partial charge in [-0.15, -0.1) is 0 Å². The number of nitrogens with one attached hydrogen (secondary N) is 1. The van der Waals surface area contributed by atoms with Gasteiger partial charge in [0.25, 0.3) is 0 Å². The van der Waals surface area contributed by atoms with Gasteiger partial charge in [0, 0.05) is 48.2 Å². The van der Waals surface area contributed by atoms with Crippen LogP contribution in [0.1, 0.15) is 84.6 Å². The van der Waals surface area contributed by atoms with Crippen molar-refractivity contribution in [1.82, 2.24) is 0 Å². The topological polar surface area (TPSA) is 185 Å². The predicted octanol–water partition coefficient (Wildman–Crippen LogP) is 9.02. The Kier molecular flexibility index (Phi) is 13.5. The molecule has 4 aromatic rings. The molecular weight excluding hydrogens is 856 g/mol. The quantitative estimate of drug-likeness (QED) is 0.0977. The van der Waals surface area contributed by atoms with E-state index in [1.165, 1.54) is 0 Å². The van der Waals surface area contributed by atoms with Crippen LogP contribution in [0.25, 0.3) is 33.1 Å². The fourth-order valence-corrected chi connectivity index (χ4v) is 7.03. The lowest BCUT2D eigenvalue weighted by Gasteiger charge is -2.06. The normalized spacial score (nSPS) is 14.3. The number of carbonyl (C=O) groups is 2. The van der Waals surface area contributed by atoms with Crippen LogP contribution in [0.2, 0.25) is 0 Å². The van der Waals surface area contributed by atoms with Gasteiger partial charge in [-0.2, -0.15) is 0 Å². The number of halogens is 3. The number of nitrogens with two attached hydrogens (primary N) is 1. The van der Waals surface area contributed by atoms with Gasteiger partial charge < -0.3 is 24.0 Å². The molecule has 6 rings (SSSR count). The zero-order chi connectivity index (χ0) is 37.7. The van der Waals surface area contributed by atoms with Crippen molar-refractivity contribution in [1.29, 1.82) is 0 Å². The molecule has 0 aliphatic heterocycles. The highest BCUT2D eigenvalue weighted by Gasteiger charge is 2.28. The number of anilines is 2. The Morgan fingerprint density at radius 3 is 1.63 bits per heavy atom. The average Bonchev–Trinajstić information content (AvgIpc) is 3.83. The van der Waals surface area contributed by atoms with Crippen LogP contribution >= 0.6 is 42.5 Å². The maximum Gasteiger partial charge on any atom is 0.342 e. The lowest BCUT2D eigenvalue weighted by molar-refractivity contribution is 0.0517. The summed E-state index contributed by atoms with van der Waals surface area (Å²) in [7, 11) is -2.13. The minimum atomic E-state index is -3.44. The highest BCUT2D eigenvalue weighted by Crippen LogP contribution is 2.41. The van der Waals surface area contributed by atoms with Gasteiger partial charge >= 0.3 is 11.9 Å². The smallest absolute Gasteiger partial charge is 0.342 e. The molecule has 2 aliphatic carbocycles. The van der Waals surface area contributed by atoms with Crippen molar-refractivity contribution in [3.05, 3.63) is 68.0 Å². The molecule has 0 atom stereocenters. The van der Waals surface area contributed by atoms with Gasteiger partial charge in [-0.1, -0.05) is 12.2 Å². The van der Waals surface area contributed by atoms with Crippen LogP contribution in [0, 0.1) is 0 Å². The van der Waals surface area contributed by atoms with Crippen LogP contribution in [0.4, 0.5) is 11.4 Å². The molecule has 2 aromatic carbocycles. The van der Waals surface area contributed by atoms with E-state index in [0.717, 1.165) is 72.0 Å². The highest BCUT2D eigenvalue weighted by atomic mass is 79.9. The molecule has 12 nitrogen and oxygen atoms in total. The number of fused-ring (bicyclic) bond motifs is 2. The number of rotatable bonds is 8. The fraction of sp³-hybridized carbons (Fsp3) is 0.353. The molecule has 2 aliphatic rings. The van der Waals surface area contributed by atoms with E-state index in [9.17, 15) is 26.4 Å². The Hall–Kier alpha value is -3.31. The molecule has 51 heavy (non-hydrogen) atoms. The summed E-state index contributed by atoms with van der Waals surface area (Å²) in [5, 5.41) is 1.32. The molecule has 2 heterocycles. The van der Waals surface area contributed by atoms with Gasteiger partial charge in [0.2, 0.25) is 19.1 Å². The molecule has 2 aromatic heterocycles. The van der Waals surface area contributed by atoms with Crippen LogP contribution in [0.15, 0.2) is 54.2 Å². The summed E-state index contributed by atoms with van der Waals surface area (Å²) in [6.45, 7) is 4.14. The molecule has 0 bridgehead atoms. The first kappa shape index (κ1) is 40.5. The van der Waals surface area contributed by atoms with Crippen LogP contribution in [0.3, 0.4) is 0 Å². The largest absolute Gasteiger partial charge is 0.462 e. The predicted molar refractivity (Wildman–Crippen MR) is 207 cm³/mol. The number of allylic oxidation sites excluding steroid dienone is 4. The van der Waals surface area contributed by atoms with Gasteiger partial charge in [-0.25, -0.2) is 26.4 Å². The lowest BCUT2D eigenvalue weighted by atomic mass is 10.1. The number of hydrogen-bond acceptors (Lipinski definition) is 11. The monoisotopic (exact) mass is 890 g/mol. The van der Waals surface area contributed by atoms with E-state index < -0.39 is 25.0 Å². The van der Waals surface area contributed by atoms with Gasteiger partial charge in [0.15, 0.2) is 0 Å². The van der Waals surface area contributed by atoms with Gasteiger partial charge in [0.05, 0.1) is 31.4 Å². The molecule has 0 saturated heterocycles. The van der Waals surface area contributed by atoms with Crippen molar-refractivity contribution < 1.29 is 44.7 Å². The zero-order valence-electron chi connectivity index (χ0n) is 28.2. The summed E-state index contributed by atoms with van der Waals surface area (Å²) in [6, 6.07) is 6.81. The number of sulfonamides is 1. The van der Waals surface area contributed by atoms with E-state index in [2.05, 4.69) is 59.4 Å². The first-order chi connectivity index (χ1) is 23.9. The number of benzene rings is 2. The maximum atomic E-state index is 12.5. The summed E-state index contributed by atoms with van der Waals surface area (Å²) in [4.78, 5) is 24.8. The van der Waals surface area contributed by atoms with Crippen LogP contribution in [-0.2, 0) is 28.5 Å². The second kappa shape index (κ2) is 17.0. The van der Waals surface area contributed by atoms with Crippen molar-refractivity contribution in [3.8, 4) is 0 Å². The summed E-state index contributed by atoms with van der Waals surface area (Å²) in [5.41, 5.74) is 10.8. The van der Waals surface area contributed by atoms with E-state index in [1.807, 2.05) is 6.07 Å². The Morgan fingerprint density at radius 1 is 0.804 bits per heavy atom. The highest BCUT2D eigenvalue weighted by molar-refractivity contribution is 9.11. The zero-order valence-corrected chi connectivity index (χ0v) is 33.8. The standard InChI is InChI=1S/C17H18BrNO5S.C16H16BrNO3.CH3ClO2S/c1-3-23-17(20)15-11-8-12(18)13(19-25(2,21)22)9-14(11)24-16(15)10-6-4-5-7-10;1-2-20-16(19)14-10-7-11(17)12(18)8-13(10)21-15(14)9-5-3-4-6-9;1-5(2,3)4/h6,8-9,19H,3-5,7H2,1-2H3;5,7-8H,2-4,6,18H2,1H3;1H3. The van der Waals surface area contributed by atoms with Gasteiger partial charge in [-0.3, -0.25) is 4.72 Å². The maximum absolute atomic E-state index is 12.5. The summed E-state index contributed by atoms with van der Waals surface area (Å²) < 4.78 is 67.8. The average molecular weight is 893 g/mol. The van der Waals surface area contributed by atoms with Crippen molar-refractivity contribution in [2.24, 2.45) is 0 Å². The number of carbonyl (C=O) groups excluding carboxylic acids is 2. The van der Waals surface area contributed by atoms with Crippen LogP contribution in [0.5, 0.6) is 0 Å². The molecule has 0 amide bonds. The Balaban J connectivity index is 0.000000204. The Labute approximate surface area is 317 Å². The molecule has 0 unspecified atom stereocenters. The Bertz CT molecular complexity index is 2250. The molecule has 0 spiro atoms. The van der Waals surface area contributed by atoms with Crippen LogP contribution < -0.4 is 10.5 Å². The first-order valence-corrected chi connectivity index (χ1v) is 22.0. The van der Waals surface area contributed by atoms with E-state index in [0.29, 0.717) is 61.7 Å². The SMILES string of the molecule is CCOC(=O)c1c(C2=CCCC2)oc2cc(N)c(Br)cc12.CCOC(=O)c1c(C2=CCCC2)oc2cc(NS(C)(=O)=O)c(Br)cc12.CS(=O)(=O)Cl. The number of furan rings is 2. The van der Waals surface area contributed by atoms with Crippen molar-refractivity contribution in [2.75, 3.05) is 36.2 Å². The molecule has 276 valence electrons. The second-order valence-electron chi connectivity index (χ2n) is 11.6. The third-order valence-electron chi connectivity index (χ3n) is 7.50. The minimum absolute atomic E-state index is 0.263. The molecular formula is C34H37Br2ClN2O10S2. The molecule has 3 N–H and O–H groups in total. The fourth-order valence-electron chi connectivity index (χ4n) is 5.54. The van der Waals surface area contributed by atoms with E-state index >= 15 is 0 Å². The summed E-state index contributed by atoms with van der Waals surface area (Å²) in [5.74, 6) is 0.336. The van der Waals surface area contributed by atoms with Crippen molar-refractivity contribution >= 4 is 118 Å². The third-order valence-corrected chi connectivity index (χ3v) is 9.44. The van der Waals surface area contributed by atoms with E-state index in [1.54, 1.807) is 32.0 Å². The van der Waals surface area contributed by atoms with Crippen LogP contribution in [-0.4, -0.2) is 54.5 Å². The second-order valence-corrected chi connectivity index (χ2v) is 18.1. The van der Waals surface area contributed by atoms with Gasteiger partial charge in [0.1, 0.15) is 33.8 Å². The minimum Gasteiger partial charge on any atom is -0.462 e. The molecule has 0 saturated carbocycles. The number of nitrogen functional groups attached to an aromatic ring is 1.